The minimum Gasteiger partial charge on any atom is -0.369 e. The monoisotopic (exact) mass is 275 g/mol. The first-order valence-electron chi connectivity index (χ1n) is 7.78. The number of aryl methyl sites for hydroxylation is 1. The molecular weight excluding hydrogens is 246 g/mol. The van der Waals surface area contributed by atoms with Crippen molar-refractivity contribution >= 4 is 5.69 Å². The van der Waals surface area contributed by atoms with Crippen LogP contribution in [0.2, 0.25) is 0 Å². The van der Waals surface area contributed by atoms with Gasteiger partial charge in [-0.1, -0.05) is 26.0 Å². The summed E-state index contributed by atoms with van der Waals surface area (Å²) in [6.07, 6.45) is 0. The molecule has 0 saturated carbocycles. The number of nitrogens with two attached hydrogens (primary N) is 1. The highest BCUT2D eigenvalue weighted by molar-refractivity contribution is 5.56. The molecule has 3 nitrogen and oxygen atoms in total. The first-order chi connectivity index (χ1) is 9.49. The number of benzene rings is 1. The van der Waals surface area contributed by atoms with Gasteiger partial charge in [-0.15, -0.1) is 0 Å². The number of anilines is 1. The largest absolute Gasteiger partial charge is 0.369 e. The summed E-state index contributed by atoms with van der Waals surface area (Å²) >= 11 is 0. The van der Waals surface area contributed by atoms with E-state index in [1.165, 1.54) is 16.8 Å². The minimum atomic E-state index is 0.294. The molecule has 2 rings (SSSR count). The third-order valence-electron chi connectivity index (χ3n) is 4.61. The van der Waals surface area contributed by atoms with Gasteiger partial charge in [0.1, 0.15) is 0 Å². The van der Waals surface area contributed by atoms with Crippen molar-refractivity contribution in [2.24, 2.45) is 11.7 Å². The Kier molecular flexibility index (Phi) is 5.06. The summed E-state index contributed by atoms with van der Waals surface area (Å²) in [4.78, 5) is 5.02. The lowest BCUT2D eigenvalue weighted by Crippen LogP contribution is -2.51. The van der Waals surface area contributed by atoms with E-state index in [9.17, 15) is 0 Å². The van der Waals surface area contributed by atoms with Crippen LogP contribution in [0.3, 0.4) is 0 Å². The molecule has 1 heterocycles. The second-order valence-corrected chi connectivity index (χ2v) is 6.41. The number of hydrogen-bond acceptors (Lipinski definition) is 3. The molecule has 1 aliphatic heterocycles. The van der Waals surface area contributed by atoms with E-state index in [0.717, 1.165) is 32.7 Å². The SMILES string of the molecule is Cc1cccc(N2CCN(CC(N)C(C)C)CC2)c1C. The van der Waals surface area contributed by atoms with Crippen molar-refractivity contribution in [2.45, 2.75) is 33.7 Å². The summed E-state index contributed by atoms with van der Waals surface area (Å²) in [5, 5.41) is 0. The Bertz CT molecular complexity index is 434. The van der Waals surface area contributed by atoms with Crippen molar-refractivity contribution in [2.75, 3.05) is 37.6 Å². The van der Waals surface area contributed by atoms with Crippen LogP contribution in [0.5, 0.6) is 0 Å². The molecule has 1 saturated heterocycles. The van der Waals surface area contributed by atoms with Gasteiger partial charge in [0, 0.05) is 44.5 Å². The fraction of sp³-hybridized carbons (Fsp3) is 0.647. The summed E-state index contributed by atoms with van der Waals surface area (Å²) in [7, 11) is 0. The van der Waals surface area contributed by atoms with Crippen molar-refractivity contribution < 1.29 is 0 Å². The number of piperazine rings is 1. The van der Waals surface area contributed by atoms with Gasteiger partial charge in [-0.05, 0) is 37.0 Å². The molecule has 1 aromatic rings. The van der Waals surface area contributed by atoms with Gasteiger partial charge in [0.25, 0.3) is 0 Å². The summed E-state index contributed by atoms with van der Waals surface area (Å²) in [6.45, 7) is 14.3. The summed E-state index contributed by atoms with van der Waals surface area (Å²) in [5.41, 5.74) is 10.4. The number of nitrogens with zero attached hydrogens (tertiary/aromatic N) is 2. The Morgan fingerprint density at radius 1 is 1.10 bits per heavy atom. The fourth-order valence-electron chi connectivity index (χ4n) is 2.76. The maximum Gasteiger partial charge on any atom is 0.0399 e. The zero-order chi connectivity index (χ0) is 14.7. The molecule has 0 amide bonds. The Labute approximate surface area is 123 Å². The van der Waals surface area contributed by atoms with E-state index in [-0.39, 0.29) is 0 Å². The normalized spacial score (nSPS) is 18.6. The predicted molar refractivity (Wildman–Crippen MR) is 87.4 cm³/mol. The van der Waals surface area contributed by atoms with Crippen molar-refractivity contribution in [1.29, 1.82) is 0 Å². The van der Waals surface area contributed by atoms with Gasteiger partial charge in [-0.2, -0.15) is 0 Å². The van der Waals surface area contributed by atoms with Gasteiger partial charge in [0.2, 0.25) is 0 Å². The maximum atomic E-state index is 6.18. The van der Waals surface area contributed by atoms with Crippen LogP contribution in [-0.2, 0) is 0 Å². The van der Waals surface area contributed by atoms with Crippen molar-refractivity contribution in [3.8, 4) is 0 Å². The van der Waals surface area contributed by atoms with Crippen LogP contribution in [0, 0.1) is 19.8 Å². The summed E-state index contributed by atoms with van der Waals surface area (Å²) in [5.74, 6) is 0.562. The topological polar surface area (TPSA) is 32.5 Å². The molecule has 1 unspecified atom stereocenters. The molecular formula is C17H29N3. The van der Waals surface area contributed by atoms with Crippen molar-refractivity contribution in [1.82, 2.24) is 4.90 Å². The van der Waals surface area contributed by atoms with Crippen molar-refractivity contribution in [3.63, 3.8) is 0 Å². The highest BCUT2D eigenvalue weighted by Crippen LogP contribution is 2.23. The van der Waals surface area contributed by atoms with Gasteiger partial charge >= 0.3 is 0 Å². The van der Waals surface area contributed by atoms with Crippen LogP contribution in [0.1, 0.15) is 25.0 Å². The quantitative estimate of drug-likeness (QED) is 0.916. The third-order valence-corrected chi connectivity index (χ3v) is 4.61. The van der Waals surface area contributed by atoms with E-state index in [1.807, 2.05) is 0 Å². The Morgan fingerprint density at radius 3 is 2.35 bits per heavy atom. The molecule has 0 bridgehead atoms. The van der Waals surface area contributed by atoms with Crippen LogP contribution in [0.4, 0.5) is 5.69 Å². The Hall–Kier alpha value is -1.06. The van der Waals surface area contributed by atoms with Crippen molar-refractivity contribution in [3.05, 3.63) is 29.3 Å². The van der Waals surface area contributed by atoms with Gasteiger partial charge in [-0.25, -0.2) is 0 Å². The molecule has 1 fully saturated rings. The van der Waals surface area contributed by atoms with Crippen LogP contribution >= 0.6 is 0 Å². The van der Waals surface area contributed by atoms with E-state index >= 15 is 0 Å². The van der Waals surface area contributed by atoms with Crippen LogP contribution < -0.4 is 10.6 Å². The molecule has 2 N–H and O–H groups in total. The lowest BCUT2D eigenvalue weighted by atomic mass is 10.0. The van der Waals surface area contributed by atoms with E-state index in [4.69, 9.17) is 5.73 Å². The summed E-state index contributed by atoms with van der Waals surface area (Å²) in [6, 6.07) is 6.90. The highest BCUT2D eigenvalue weighted by atomic mass is 15.3. The molecule has 1 atom stereocenters. The lowest BCUT2D eigenvalue weighted by Gasteiger charge is -2.38. The molecule has 1 aromatic carbocycles. The number of rotatable bonds is 4. The molecule has 20 heavy (non-hydrogen) atoms. The Balaban J connectivity index is 1.93. The molecule has 0 spiro atoms. The zero-order valence-electron chi connectivity index (χ0n) is 13.4. The second kappa shape index (κ2) is 6.59. The van der Waals surface area contributed by atoms with Crippen LogP contribution in [0.25, 0.3) is 0 Å². The third kappa shape index (κ3) is 3.53. The first kappa shape index (κ1) is 15.3. The average molecular weight is 275 g/mol. The standard InChI is InChI=1S/C17H29N3/c1-13(2)16(18)12-19-8-10-20(11-9-19)17-7-5-6-14(3)15(17)4/h5-7,13,16H,8-12,18H2,1-4H3. The highest BCUT2D eigenvalue weighted by Gasteiger charge is 2.21. The maximum absolute atomic E-state index is 6.18. The van der Waals surface area contributed by atoms with Gasteiger partial charge < -0.3 is 10.6 Å². The Morgan fingerprint density at radius 2 is 1.75 bits per heavy atom. The van der Waals surface area contributed by atoms with E-state index in [2.05, 4.69) is 55.7 Å². The van der Waals surface area contributed by atoms with E-state index in [1.54, 1.807) is 0 Å². The van der Waals surface area contributed by atoms with Gasteiger partial charge in [-0.3, -0.25) is 4.90 Å². The molecule has 1 aliphatic rings. The van der Waals surface area contributed by atoms with E-state index in [0.29, 0.717) is 12.0 Å². The zero-order valence-corrected chi connectivity index (χ0v) is 13.4. The molecule has 0 radical (unpaired) electrons. The first-order valence-corrected chi connectivity index (χ1v) is 7.78. The minimum absolute atomic E-state index is 0.294. The fourth-order valence-corrected chi connectivity index (χ4v) is 2.76. The molecule has 0 aliphatic carbocycles. The molecule has 0 aromatic heterocycles. The van der Waals surface area contributed by atoms with E-state index < -0.39 is 0 Å². The lowest BCUT2D eigenvalue weighted by molar-refractivity contribution is 0.226. The number of hydrogen-bond donors (Lipinski definition) is 1. The summed E-state index contributed by atoms with van der Waals surface area (Å²) < 4.78 is 0. The van der Waals surface area contributed by atoms with Crippen LogP contribution in [-0.4, -0.2) is 43.7 Å². The average Bonchev–Trinajstić information content (AvgIpc) is 2.43. The molecule has 112 valence electrons. The van der Waals surface area contributed by atoms with Gasteiger partial charge in [0.05, 0.1) is 0 Å². The van der Waals surface area contributed by atoms with Crippen LogP contribution in [0.15, 0.2) is 18.2 Å². The predicted octanol–water partition coefficient (Wildman–Crippen LogP) is 2.41. The van der Waals surface area contributed by atoms with Gasteiger partial charge in [0.15, 0.2) is 0 Å². The molecule has 3 heteroatoms. The smallest absolute Gasteiger partial charge is 0.0399 e. The second-order valence-electron chi connectivity index (χ2n) is 6.41.